The van der Waals surface area contributed by atoms with Gasteiger partial charge in [0.25, 0.3) is 10.0 Å². The summed E-state index contributed by atoms with van der Waals surface area (Å²) in [5, 5.41) is 0.0848. The molecule has 1 heterocycles. The van der Waals surface area contributed by atoms with Crippen LogP contribution in [0.1, 0.15) is 19.3 Å². The Morgan fingerprint density at radius 2 is 2.31 bits per heavy atom. The van der Waals surface area contributed by atoms with Crippen LogP contribution >= 0.6 is 15.9 Å². The fraction of sp³-hybridized carbons (Fsp3) is 0.667. The average molecular weight is 308 g/mol. The summed E-state index contributed by atoms with van der Waals surface area (Å²) in [7, 11) is -1.72. The minimum Gasteiger partial charge on any atom is -0.339 e. The lowest BCUT2D eigenvalue weighted by molar-refractivity contribution is 0.553. The molecule has 1 aromatic heterocycles. The van der Waals surface area contributed by atoms with Crippen molar-refractivity contribution >= 4 is 26.0 Å². The maximum Gasteiger partial charge on any atom is 0.259 e. The highest BCUT2D eigenvalue weighted by Gasteiger charge is 2.30. The van der Waals surface area contributed by atoms with E-state index in [4.69, 9.17) is 0 Å². The number of imidazole rings is 1. The topological polar surface area (TPSA) is 64.0 Å². The second kappa shape index (κ2) is 4.46. The van der Waals surface area contributed by atoms with Crippen molar-refractivity contribution in [1.82, 2.24) is 14.3 Å². The van der Waals surface area contributed by atoms with Crippen LogP contribution in [-0.4, -0.2) is 28.8 Å². The first-order valence-corrected chi connectivity index (χ1v) is 7.53. The number of rotatable bonds is 3. The standard InChI is InChI=1S/C9H14BrN3O2S/c1-13-5-9(11-6-13)16(14,15)12-8-4-2-3-7(8)10/h5-8,12H,2-4H2,1H3. The summed E-state index contributed by atoms with van der Waals surface area (Å²) >= 11 is 3.48. The Kier molecular flexibility index (Phi) is 3.37. The molecule has 2 rings (SSSR count). The zero-order chi connectivity index (χ0) is 11.8. The van der Waals surface area contributed by atoms with Crippen LogP contribution in [0.25, 0.3) is 0 Å². The van der Waals surface area contributed by atoms with Gasteiger partial charge in [0.15, 0.2) is 5.03 Å². The Morgan fingerprint density at radius 1 is 1.56 bits per heavy atom. The van der Waals surface area contributed by atoms with Gasteiger partial charge in [-0.05, 0) is 12.8 Å². The molecule has 1 saturated carbocycles. The highest BCUT2D eigenvalue weighted by molar-refractivity contribution is 9.09. The van der Waals surface area contributed by atoms with Gasteiger partial charge in [0.2, 0.25) is 0 Å². The molecule has 1 N–H and O–H groups in total. The van der Waals surface area contributed by atoms with Gasteiger partial charge in [0.05, 0.1) is 6.33 Å². The zero-order valence-electron chi connectivity index (χ0n) is 8.93. The van der Waals surface area contributed by atoms with Crippen molar-refractivity contribution in [2.24, 2.45) is 7.05 Å². The number of nitrogens with one attached hydrogen (secondary N) is 1. The Balaban J connectivity index is 2.14. The van der Waals surface area contributed by atoms with E-state index >= 15 is 0 Å². The van der Waals surface area contributed by atoms with Crippen molar-refractivity contribution in [1.29, 1.82) is 0 Å². The Morgan fingerprint density at radius 3 is 2.81 bits per heavy atom. The van der Waals surface area contributed by atoms with Gasteiger partial charge in [-0.1, -0.05) is 22.4 Å². The fourth-order valence-electron chi connectivity index (χ4n) is 1.83. The molecule has 1 aliphatic carbocycles. The highest BCUT2D eigenvalue weighted by Crippen LogP contribution is 2.26. The lowest BCUT2D eigenvalue weighted by Crippen LogP contribution is -2.37. The number of hydrogen-bond donors (Lipinski definition) is 1. The van der Waals surface area contributed by atoms with Gasteiger partial charge in [0.1, 0.15) is 0 Å². The van der Waals surface area contributed by atoms with Crippen molar-refractivity contribution in [3.8, 4) is 0 Å². The fourth-order valence-corrected chi connectivity index (χ4v) is 4.02. The minimum absolute atomic E-state index is 0.0213. The van der Waals surface area contributed by atoms with Crippen LogP contribution in [0.15, 0.2) is 17.6 Å². The summed E-state index contributed by atoms with van der Waals surface area (Å²) in [6.07, 6.45) is 5.91. The van der Waals surface area contributed by atoms with E-state index in [1.807, 2.05) is 0 Å². The first kappa shape index (κ1) is 12.1. The Bertz CT molecular complexity index is 471. The molecule has 0 radical (unpaired) electrons. The van der Waals surface area contributed by atoms with E-state index in [9.17, 15) is 8.42 Å². The van der Waals surface area contributed by atoms with Crippen LogP contribution in [0, 0.1) is 0 Å². The van der Waals surface area contributed by atoms with E-state index in [1.165, 1.54) is 12.5 Å². The molecule has 0 aromatic carbocycles. The first-order valence-electron chi connectivity index (χ1n) is 5.13. The zero-order valence-corrected chi connectivity index (χ0v) is 11.3. The van der Waals surface area contributed by atoms with Gasteiger partial charge in [0, 0.05) is 24.1 Å². The van der Waals surface area contributed by atoms with E-state index in [2.05, 4.69) is 25.6 Å². The molecular formula is C9H14BrN3O2S. The summed E-state index contributed by atoms with van der Waals surface area (Å²) in [5.41, 5.74) is 0. The van der Waals surface area contributed by atoms with Crippen molar-refractivity contribution in [2.75, 3.05) is 0 Å². The van der Waals surface area contributed by atoms with Gasteiger partial charge in [-0.2, -0.15) is 0 Å². The van der Waals surface area contributed by atoms with Crippen LogP contribution < -0.4 is 4.72 Å². The van der Waals surface area contributed by atoms with Crippen LogP contribution in [0.5, 0.6) is 0 Å². The smallest absolute Gasteiger partial charge is 0.259 e. The highest BCUT2D eigenvalue weighted by atomic mass is 79.9. The van der Waals surface area contributed by atoms with E-state index in [0.29, 0.717) is 0 Å². The molecule has 2 unspecified atom stereocenters. The molecule has 0 aliphatic heterocycles. The monoisotopic (exact) mass is 307 g/mol. The number of hydrogen-bond acceptors (Lipinski definition) is 3. The summed E-state index contributed by atoms with van der Waals surface area (Å²) in [6, 6.07) is -0.0213. The molecule has 0 spiro atoms. The van der Waals surface area contributed by atoms with Crippen LogP contribution in [0.2, 0.25) is 0 Å². The second-order valence-electron chi connectivity index (χ2n) is 4.05. The van der Waals surface area contributed by atoms with E-state index in [1.54, 1.807) is 11.6 Å². The molecular weight excluding hydrogens is 294 g/mol. The number of aryl methyl sites for hydroxylation is 1. The Hall–Kier alpha value is -0.400. The third-order valence-electron chi connectivity index (χ3n) is 2.69. The molecule has 90 valence electrons. The van der Waals surface area contributed by atoms with Gasteiger partial charge in [-0.3, -0.25) is 0 Å². The molecule has 0 saturated heterocycles. The lowest BCUT2D eigenvalue weighted by atomic mass is 10.3. The summed E-state index contributed by atoms with van der Waals surface area (Å²) in [6.45, 7) is 0. The molecule has 7 heteroatoms. The second-order valence-corrected chi connectivity index (χ2v) is 6.89. The average Bonchev–Trinajstić information content (AvgIpc) is 2.77. The molecule has 0 amide bonds. The minimum atomic E-state index is -3.47. The summed E-state index contributed by atoms with van der Waals surface area (Å²) in [4.78, 5) is 4.08. The van der Waals surface area contributed by atoms with Gasteiger partial charge >= 0.3 is 0 Å². The Labute approximate surface area is 103 Å². The predicted molar refractivity (Wildman–Crippen MR) is 63.9 cm³/mol. The van der Waals surface area contributed by atoms with Gasteiger partial charge < -0.3 is 4.57 Å². The SMILES string of the molecule is Cn1cnc(S(=O)(=O)NC2CCCC2Br)c1. The number of alkyl halides is 1. The van der Waals surface area contributed by atoms with Crippen LogP contribution in [-0.2, 0) is 17.1 Å². The lowest BCUT2D eigenvalue weighted by Gasteiger charge is -2.14. The maximum atomic E-state index is 11.9. The van der Waals surface area contributed by atoms with Crippen LogP contribution in [0.3, 0.4) is 0 Å². The van der Waals surface area contributed by atoms with E-state index < -0.39 is 10.0 Å². The summed E-state index contributed by atoms with van der Waals surface area (Å²) in [5.74, 6) is 0. The van der Waals surface area contributed by atoms with Crippen molar-refractivity contribution in [3.05, 3.63) is 12.5 Å². The number of nitrogens with zero attached hydrogens (tertiary/aromatic N) is 2. The number of sulfonamides is 1. The van der Waals surface area contributed by atoms with E-state index in [-0.39, 0.29) is 15.9 Å². The third kappa shape index (κ3) is 2.46. The maximum absolute atomic E-state index is 11.9. The first-order chi connectivity index (χ1) is 7.49. The van der Waals surface area contributed by atoms with E-state index in [0.717, 1.165) is 19.3 Å². The molecule has 1 fully saturated rings. The summed E-state index contributed by atoms with van der Waals surface area (Å²) < 4.78 is 28.2. The molecule has 1 aliphatic rings. The normalized spacial score (nSPS) is 26.1. The van der Waals surface area contributed by atoms with Crippen molar-refractivity contribution in [3.63, 3.8) is 0 Å². The van der Waals surface area contributed by atoms with Crippen LogP contribution in [0.4, 0.5) is 0 Å². The van der Waals surface area contributed by atoms with Gasteiger partial charge in [-0.25, -0.2) is 18.1 Å². The molecule has 16 heavy (non-hydrogen) atoms. The molecule has 2 atom stereocenters. The third-order valence-corrected chi connectivity index (χ3v) is 5.17. The molecule has 5 nitrogen and oxygen atoms in total. The van der Waals surface area contributed by atoms with Crippen molar-refractivity contribution < 1.29 is 8.42 Å². The van der Waals surface area contributed by atoms with Crippen molar-refractivity contribution in [2.45, 2.75) is 35.2 Å². The van der Waals surface area contributed by atoms with Gasteiger partial charge in [-0.15, -0.1) is 0 Å². The quantitative estimate of drug-likeness (QED) is 0.848. The number of aromatic nitrogens is 2. The molecule has 0 bridgehead atoms. The largest absolute Gasteiger partial charge is 0.339 e. The predicted octanol–water partition coefficient (Wildman–Crippen LogP) is 1.01. The molecule has 1 aromatic rings. The number of halogens is 1.